The van der Waals surface area contributed by atoms with E-state index in [9.17, 15) is 90.2 Å². The number of rotatable bonds is 17. The van der Waals surface area contributed by atoms with Crippen LogP contribution in [0.4, 0.5) is 81.1 Å². The molecule has 43 heteroatoms. The minimum absolute atomic E-state index is 0.00499. The molecule has 0 aliphatic carbocycles. The van der Waals surface area contributed by atoms with Crippen LogP contribution < -0.4 is 31.3 Å². The minimum atomic E-state index is -4.58. The first-order chi connectivity index (χ1) is 65.9. The lowest BCUT2D eigenvalue weighted by molar-refractivity contribution is -0.142. The zero-order valence-corrected chi connectivity index (χ0v) is 79.2. The maximum atomic E-state index is 12.7. The normalized spacial score (nSPS) is 11.3. The average molecular weight is 2080 g/mol. The number of aromatic hydroxyl groups is 1. The first-order valence-corrected chi connectivity index (χ1v) is 44.8. The van der Waals surface area contributed by atoms with E-state index in [1.54, 1.807) is 146 Å². The number of nitrogens with zero attached hydrogens (tertiary/aromatic N) is 9. The van der Waals surface area contributed by atoms with E-state index < -0.39 is 80.9 Å². The Labute approximate surface area is 824 Å². The molecule has 0 atom stereocenters. The number of aromatic nitrogens is 9. The van der Waals surface area contributed by atoms with Crippen molar-refractivity contribution in [3.8, 4) is 67.8 Å². The fraction of sp³-hybridized carbons (Fsp3) is 0.113. The lowest BCUT2D eigenvalue weighted by Gasteiger charge is -2.12. The number of amides is 5. The zero-order chi connectivity index (χ0) is 102. The van der Waals surface area contributed by atoms with Gasteiger partial charge in [-0.1, -0.05) is 93.3 Å². The van der Waals surface area contributed by atoms with E-state index in [1.165, 1.54) is 83.7 Å². The number of nitrogens with one attached hydrogen (secondary N) is 5. The van der Waals surface area contributed by atoms with E-state index in [-0.39, 0.29) is 66.7 Å². The van der Waals surface area contributed by atoms with Crippen LogP contribution in [0.1, 0.15) is 103 Å². The third kappa shape index (κ3) is 28.7. The molecule has 0 saturated heterocycles. The van der Waals surface area contributed by atoms with Crippen LogP contribution in [0.2, 0.25) is 35.3 Å². The molecule has 0 spiro atoms. The van der Waals surface area contributed by atoms with E-state index in [2.05, 4.69) is 71.4 Å². The second kappa shape index (κ2) is 45.6. The van der Waals surface area contributed by atoms with Crippen LogP contribution in [0.5, 0.6) is 11.5 Å². The Kier molecular flexibility index (Phi) is 34.6. The van der Waals surface area contributed by atoms with E-state index in [0.717, 1.165) is 60.4 Å². The third-order valence-corrected chi connectivity index (χ3v) is 22.8. The van der Waals surface area contributed by atoms with Crippen molar-refractivity contribution in [2.75, 3.05) is 39.9 Å². The molecule has 0 aliphatic heterocycles. The van der Waals surface area contributed by atoms with E-state index in [0.29, 0.717) is 126 Å². The summed E-state index contributed by atoms with van der Waals surface area (Å²) in [6.45, 7) is 7.31. The summed E-state index contributed by atoms with van der Waals surface area (Å²) in [5, 5.41) is 25.6. The molecule has 5 amide bonds. The maximum absolute atomic E-state index is 12.7. The molecule has 720 valence electrons. The topological polar surface area (TPSA) is 325 Å². The number of hydrogen-bond acceptors (Lipinski definition) is 18. The van der Waals surface area contributed by atoms with Crippen LogP contribution in [0, 0.1) is 34.6 Å². The molecular weight excluding hydrogens is 2010 g/mol. The summed E-state index contributed by atoms with van der Waals surface area (Å²) in [7, 11) is -1.78. The molecule has 0 aliphatic rings. The largest absolute Gasteiger partial charge is 0.506 e. The Hall–Kier alpha value is -14.2. The standard InChI is InChI=1S/C20H15ClF3N3O2.C20H17ClN2O3S.2C19H12Cl2F3N3O.C19H13ClF3N3O2/c1-11-14(5-8-18(26-11)20(22,23)24)19(28)27-12-3-6-16(21)15(9-12)17-7-4-13(29-2)10-25-17;1-13-3-10-19(22-12-13)17-11-15(6-9-18(17)21)23-20(24)14-4-7-16(8-5-14)27(2,25)26;1-10-13(4-7-17(26-10)19(22,23)24)18(28)27-12-3-5-15(21)14(8-12)16-6-2-11(20)9-25-16;1-10-12(6-8-16(25-10)19(22,23)24)18(28)26-11-5-7-14(20)13(9-11)15-3-2-4-17(21)27-15;1-10-13(4-7-17(25-10)19(21,22)23)18(28)26-11-2-5-15(20)14(8-11)16-6-3-12(27)9-24-16/h3-10H,1-2H3,(H,27,28);3-12H,1-2H3,(H,23,24);2-9H,1H3,(H,27,28);2-9H,1H3,(H,26,28);2-9,27H,1H3,(H,26,28). The van der Waals surface area contributed by atoms with Gasteiger partial charge in [0.15, 0.2) is 9.84 Å². The fourth-order valence-electron chi connectivity index (χ4n) is 12.6. The minimum Gasteiger partial charge on any atom is -0.506 e. The summed E-state index contributed by atoms with van der Waals surface area (Å²) >= 11 is 42.8. The van der Waals surface area contributed by atoms with Crippen LogP contribution in [0.25, 0.3) is 56.3 Å². The van der Waals surface area contributed by atoms with Gasteiger partial charge in [0.25, 0.3) is 29.5 Å². The van der Waals surface area contributed by atoms with Gasteiger partial charge in [0, 0.05) is 80.5 Å². The molecule has 0 radical (unpaired) electrons. The number of aryl methyl sites for hydroxylation is 5. The molecule has 140 heavy (non-hydrogen) atoms. The molecule has 6 N–H and O–H groups in total. The molecule has 23 nitrogen and oxygen atoms in total. The lowest BCUT2D eigenvalue weighted by Crippen LogP contribution is -2.16. The van der Waals surface area contributed by atoms with E-state index >= 15 is 0 Å². The number of carbonyl (C=O) groups is 5. The number of alkyl halides is 12. The highest BCUT2D eigenvalue weighted by atomic mass is 35.5. The quantitative estimate of drug-likeness (QED) is 0.0364. The highest BCUT2D eigenvalue weighted by Gasteiger charge is 2.37. The molecule has 0 bridgehead atoms. The first kappa shape index (κ1) is 106. The molecule has 15 rings (SSSR count). The van der Waals surface area contributed by atoms with Crippen LogP contribution >= 0.6 is 81.2 Å². The second-order valence-corrected chi connectivity index (χ2v) is 34.6. The van der Waals surface area contributed by atoms with Gasteiger partial charge >= 0.3 is 24.7 Å². The molecule has 0 fully saturated rings. The number of anilines is 5. The van der Waals surface area contributed by atoms with Crippen molar-refractivity contribution in [3.63, 3.8) is 0 Å². The molecule has 9 aromatic heterocycles. The predicted molar refractivity (Wildman–Crippen MR) is 512 cm³/mol. The summed E-state index contributed by atoms with van der Waals surface area (Å²) in [5.41, 5.74) is 5.07. The summed E-state index contributed by atoms with van der Waals surface area (Å²) < 4.78 is 181. The Balaban J connectivity index is 0.000000167. The van der Waals surface area contributed by atoms with Crippen LogP contribution in [-0.2, 0) is 34.5 Å². The molecule has 0 unspecified atom stereocenters. The summed E-state index contributed by atoms with van der Waals surface area (Å²) in [4.78, 5) is 97.5. The van der Waals surface area contributed by atoms with Crippen LogP contribution in [0.15, 0.2) is 260 Å². The van der Waals surface area contributed by atoms with Crippen molar-refractivity contribution in [3.05, 3.63) is 370 Å². The van der Waals surface area contributed by atoms with Crippen molar-refractivity contribution in [1.82, 2.24) is 44.9 Å². The molecule has 9 heterocycles. The van der Waals surface area contributed by atoms with Gasteiger partial charge in [0.1, 0.15) is 39.4 Å². The SMILES string of the molecule is COc1ccc(-c2cc(NC(=O)c3ccc(C(F)(F)F)nc3C)ccc2Cl)nc1.Cc1ccc(-c2cc(NC(=O)c3ccc(S(C)(=O)=O)cc3)ccc2Cl)nc1.Cc1nc(C(F)(F)F)ccc1C(=O)Nc1ccc(Cl)c(-c2ccc(Cl)cn2)c1.Cc1nc(C(F)(F)F)ccc1C(=O)Nc1ccc(Cl)c(-c2ccc(O)cn2)c1.Cc1nc(C(F)(F)F)ccc1C(=O)Nc1ccc(Cl)c(-c2cccc(Cl)n2)c1. The summed E-state index contributed by atoms with van der Waals surface area (Å²) in [5.74, 6) is -2.14. The summed E-state index contributed by atoms with van der Waals surface area (Å²) in [6.07, 6.45) is -11.2. The molecule has 0 saturated carbocycles. The van der Waals surface area contributed by atoms with Gasteiger partial charge in [-0.15, -0.1) is 0 Å². The van der Waals surface area contributed by atoms with Crippen molar-refractivity contribution in [2.45, 2.75) is 64.2 Å². The van der Waals surface area contributed by atoms with Crippen molar-refractivity contribution >= 4 is 149 Å². The van der Waals surface area contributed by atoms with E-state index in [1.807, 2.05) is 19.1 Å². The predicted octanol–water partition coefficient (Wildman–Crippen LogP) is 26.9. The zero-order valence-electron chi connectivity index (χ0n) is 73.1. The maximum Gasteiger partial charge on any atom is 0.433 e. The number of sulfone groups is 1. The second-order valence-electron chi connectivity index (χ2n) is 29.8. The Bertz CT molecular complexity index is 7100. The van der Waals surface area contributed by atoms with Crippen LogP contribution in [0.3, 0.4) is 0 Å². The van der Waals surface area contributed by atoms with Gasteiger partial charge in [0.2, 0.25) is 0 Å². The Morgan fingerprint density at radius 1 is 0.329 bits per heavy atom. The monoisotopic (exact) mass is 2080 g/mol. The van der Waals surface area contributed by atoms with Gasteiger partial charge in [-0.3, -0.25) is 43.9 Å². The van der Waals surface area contributed by atoms with Gasteiger partial charge in [-0.05, 0) is 259 Å². The molecular formula is C97H69Cl7F12N14O9S. The van der Waals surface area contributed by atoms with Crippen LogP contribution in [-0.4, -0.2) is 101 Å². The number of methoxy groups -OCH3 is 1. The Morgan fingerprint density at radius 2 is 0.636 bits per heavy atom. The smallest absolute Gasteiger partial charge is 0.433 e. The summed E-state index contributed by atoms with van der Waals surface area (Å²) in [6, 6.07) is 56.0. The lowest BCUT2D eigenvalue weighted by atomic mass is 10.1. The number of halogens is 19. The third-order valence-electron chi connectivity index (χ3n) is 19.6. The van der Waals surface area contributed by atoms with Crippen molar-refractivity contribution in [2.24, 2.45) is 0 Å². The van der Waals surface area contributed by atoms with Crippen molar-refractivity contribution in [1.29, 1.82) is 0 Å². The number of carbonyl (C=O) groups excluding carboxylic acids is 5. The number of hydrogen-bond donors (Lipinski definition) is 6. The van der Waals surface area contributed by atoms with Crippen molar-refractivity contribution < 1.29 is 94.9 Å². The van der Waals surface area contributed by atoms with Gasteiger partial charge < -0.3 is 36.4 Å². The number of benzene rings is 6. The van der Waals surface area contributed by atoms with E-state index in [4.69, 9.17) is 85.9 Å². The molecule has 15 aromatic rings. The first-order valence-electron chi connectivity index (χ1n) is 40.3. The highest BCUT2D eigenvalue weighted by molar-refractivity contribution is 7.90. The fourth-order valence-corrected chi connectivity index (χ4v) is 14.6. The van der Waals surface area contributed by atoms with Gasteiger partial charge in [0.05, 0.1) is 128 Å². The Morgan fingerprint density at radius 3 is 0.907 bits per heavy atom. The molecule has 6 aromatic carbocycles. The number of pyridine rings is 9. The number of ether oxygens (including phenoxy) is 1. The van der Waals surface area contributed by atoms with Gasteiger partial charge in [-0.2, -0.15) is 52.7 Å². The average Bonchev–Trinajstić information content (AvgIpc) is 0.805. The highest BCUT2D eigenvalue weighted by Crippen LogP contribution is 2.40. The van der Waals surface area contributed by atoms with Gasteiger partial charge in [-0.25, -0.2) is 33.3 Å².